The van der Waals surface area contributed by atoms with Crippen LogP contribution in [-0.4, -0.2) is 35.8 Å². The third-order valence-electron chi connectivity index (χ3n) is 4.58. The zero-order valence-electron chi connectivity index (χ0n) is 16.9. The van der Waals surface area contributed by atoms with Crippen molar-refractivity contribution < 1.29 is 27.2 Å². The average molecular weight is 421 g/mol. The maximum absolute atomic E-state index is 12.9. The first-order valence-electron chi connectivity index (χ1n) is 9.27. The van der Waals surface area contributed by atoms with Crippen molar-refractivity contribution in [2.75, 3.05) is 20.8 Å². The van der Waals surface area contributed by atoms with Crippen LogP contribution in [0.4, 0.5) is 13.2 Å². The van der Waals surface area contributed by atoms with Crippen molar-refractivity contribution in [3.63, 3.8) is 0 Å². The maximum atomic E-state index is 12.9. The molecular formula is C21H22F3N3O3. The molecule has 0 bridgehead atoms. The van der Waals surface area contributed by atoms with E-state index in [-0.39, 0.29) is 11.4 Å². The first-order chi connectivity index (χ1) is 14.3. The van der Waals surface area contributed by atoms with Crippen molar-refractivity contribution in [2.24, 2.45) is 0 Å². The molecule has 2 aromatic carbocycles. The van der Waals surface area contributed by atoms with Gasteiger partial charge < -0.3 is 14.0 Å². The summed E-state index contributed by atoms with van der Waals surface area (Å²) in [5.74, 6) is 1.73. The van der Waals surface area contributed by atoms with Crippen LogP contribution in [0, 0.1) is 0 Å². The Morgan fingerprint density at radius 3 is 2.43 bits per heavy atom. The summed E-state index contributed by atoms with van der Waals surface area (Å²) in [6.07, 6.45) is -4.43. The van der Waals surface area contributed by atoms with Crippen molar-refractivity contribution >= 4 is 0 Å². The number of aromatic nitrogens is 2. The van der Waals surface area contributed by atoms with Crippen LogP contribution in [0.25, 0.3) is 11.4 Å². The highest BCUT2D eigenvalue weighted by atomic mass is 19.4. The van der Waals surface area contributed by atoms with Gasteiger partial charge in [-0.1, -0.05) is 30.3 Å². The number of nitrogens with zero attached hydrogens (tertiary/aromatic N) is 3. The van der Waals surface area contributed by atoms with E-state index in [2.05, 4.69) is 15.0 Å². The van der Waals surface area contributed by atoms with E-state index in [9.17, 15) is 13.2 Å². The van der Waals surface area contributed by atoms with Crippen molar-refractivity contribution in [3.05, 3.63) is 59.5 Å². The Morgan fingerprint density at radius 1 is 1.00 bits per heavy atom. The molecule has 0 fully saturated rings. The summed E-state index contributed by atoms with van der Waals surface area (Å²) in [6.45, 7) is 3.65. The first kappa shape index (κ1) is 21.6. The molecule has 0 spiro atoms. The SMILES string of the molecule is CCN(Cc1ccc(OC)c(OC)c1)Cc1nc(-c2cccc(C(F)(F)F)c2)no1. The van der Waals surface area contributed by atoms with E-state index in [1.54, 1.807) is 14.2 Å². The van der Waals surface area contributed by atoms with E-state index in [0.717, 1.165) is 17.7 Å². The Balaban J connectivity index is 1.73. The Kier molecular flexibility index (Phi) is 6.61. The van der Waals surface area contributed by atoms with Gasteiger partial charge in [0.1, 0.15) is 0 Å². The maximum Gasteiger partial charge on any atom is 0.416 e. The average Bonchev–Trinajstić information content (AvgIpc) is 3.21. The Bertz CT molecular complexity index is 989. The monoisotopic (exact) mass is 421 g/mol. The van der Waals surface area contributed by atoms with Crippen molar-refractivity contribution in [2.45, 2.75) is 26.2 Å². The molecule has 30 heavy (non-hydrogen) atoms. The number of benzene rings is 2. The van der Waals surface area contributed by atoms with E-state index in [0.29, 0.717) is 37.0 Å². The lowest BCUT2D eigenvalue weighted by atomic mass is 10.1. The molecule has 1 aromatic heterocycles. The van der Waals surface area contributed by atoms with Gasteiger partial charge in [0.2, 0.25) is 11.7 Å². The van der Waals surface area contributed by atoms with Gasteiger partial charge in [-0.2, -0.15) is 18.2 Å². The van der Waals surface area contributed by atoms with Gasteiger partial charge in [-0.15, -0.1) is 0 Å². The second-order valence-electron chi connectivity index (χ2n) is 6.58. The fourth-order valence-electron chi connectivity index (χ4n) is 2.98. The van der Waals surface area contributed by atoms with Crippen molar-refractivity contribution in [1.29, 1.82) is 0 Å². The van der Waals surface area contributed by atoms with Crippen LogP contribution in [0.1, 0.15) is 23.9 Å². The van der Waals surface area contributed by atoms with Gasteiger partial charge in [0.05, 0.1) is 26.3 Å². The van der Waals surface area contributed by atoms with Gasteiger partial charge in [-0.05, 0) is 36.4 Å². The Hall–Kier alpha value is -3.07. The van der Waals surface area contributed by atoms with Crippen molar-refractivity contribution in [1.82, 2.24) is 15.0 Å². The molecule has 3 rings (SSSR count). The molecule has 0 atom stereocenters. The van der Waals surface area contributed by atoms with E-state index >= 15 is 0 Å². The summed E-state index contributed by atoms with van der Waals surface area (Å²) < 4.78 is 54.6. The fraction of sp³-hybridized carbons (Fsp3) is 0.333. The molecule has 0 amide bonds. The van der Waals surface area contributed by atoms with Gasteiger partial charge in [0.15, 0.2) is 11.5 Å². The predicted octanol–water partition coefficient (Wildman–Crippen LogP) is 4.79. The minimum Gasteiger partial charge on any atom is -0.493 e. The molecule has 0 saturated carbocycles. The van der Waals surface area contributed by atoms with Gasteiger partial charge in [0, 0.05) is 12.1 Å². The predicted molar refractivity (Wildman–Crippen MR) is 104 cm³/mol. The summed E-state index contributed by atoms with van der Waals surface area (Å²) >= 11 is 0. The molecule has 0 N–H and O–H groups in total. The van der Waals surface area contributed by atoms with E-state index in [4.69, 9.17) is 14.0 Å². The molecule has 0 radical (unpaired) electrons. The molecule has 160 valence electrons. The Morgan fingerprint density at radius 2 is 1.77 bits per heavy atom. The van der Waals surface area contributed by atoms with Crippen LogP contribution in [-0.2, 0) is 19.3 Å². The number of rotatable bonds is 8. The van der Waals surface area contributed by atoms with Crippen LogP contribution >= 0.6 is 0 Å². The molecule has 9 heteroatoms. The third kappa shape index (κ3) is 5.10. The van der Waals surface area contributed by atoms with Crippen LogP contribution in [0.3, 0.4) is 0 Å². The minimum atomic E-state index is -4.43. The highest BCUT2D eigenvalue weighted by molar-refractivity contribution is 5.55. The van der Waals surface area contributed by atoms with E-state index in [1.165, 1.54) is 12.1 Å². The van der Waals surface area contributed by atoms with Gasteiger partial charge >= 0.3 is 6.18 Å². The lowest BCUT2D eigenvalue weighted by molar-refractivity contribution is -0.137. The second-order valence-corrected chi connectivity index (χ2v) is 6.58. The highest BCUT2D eigenvalue weighted by Crippen LogP contribution is 2.31. The summed E-state index contributed by atoms with van der Waals surface area (Å²) in [5, 5.41) is 3.84. The van der Waals surface area contributed by atoms with Gasteiger partial charge in [0.25, 0.3) is 0 Å². The van der Waals surface area contributed by atoms with Crippen LogP contribution in [0.5, 0.6) is 11.5 Å². The topological polar surface area (TPSA) is 60.6 Å². The molecule has 0 unspecified atom stereocenters. The first-order valence-corrected chi connectivity index (χ1v) is 9.27. The van der Waals surface area contributed by atoms with Crippen LogP contribution in [0.15, 0.2) is 47.0 Å². The Labute approximate surface area is 172 Å². The number of ether oxygens (including phenoxy) is 2. The van der Waals surface area contributed by atoms with Crippen LogP contribution < -0.4 is 9.47 Å². The molecule has 0 aliphatic carbocycles. The molecule has 0 aliphatic heterocycles. The third-order valence-corrected chi connectivity index (χ3v) is 4.58. The molecule has 3 aromatic rings. The number of halogens is 3. The van der Waals surface area contributed by atoms with Crippen molar-refractivity contribution in [3.8, 4) is 22.9 Å². The lowest BCUT2D eigenvalue weighted by Gasteiger charge is -2.19. The van der Waals surface area contributed by atoms with E-state index < -0.39 is 11.7 Å². The van der Waals surface area contributed by atoms with Gasteiger partial charge in [-0.3, -0.25) is 4.90 Å². The number of methoxy groups -OCH3 is 2. The molecule has 0 aliphatic rings. The number of alkyl halides is 3. The van der Waals surface area contributed by atoms with Gasteiger partial charge in [-0.25, -0.2) is 0 Å². The molecular weight excluding hydrogens is 399 g/mol. The smallest absolute Gasteiger partial charge is 0.416 e. The molecule has 1 heterocycles. The summed E-state index contributed by atoms with van der Waals surface area (Å²) in [4.78, 5) is 6.32. The number of hydrogen-bond acceptors (Lipinski definition) is 6. The number of hydrogen-bond donors (Lipinski definition) is 0. The summed E-state index contributed by atoms with van der Waals surface area (Å²) in [5.41, 5.74) is 0.505. The summed E-state index contributed by atoms with van der Waals surface area (Å²) in [7, 11) is 3.15. The largest absolute Gasteiger partial charge is 0.493 e. The fourth-order valence-corrected chi connectivity index (χ4v) is 2.98. The second kappa shape index (κ2) is 9.17. The standard InChI is InChI=1S/C21H22F3N3O3/c1-4-27(12-14-8-9-17(28-2)18(10-14)29-3)13-19-25-20(26-30-19)15-6-5-7-16(11-15)21(22,23)24/h5-11H,4,12-13H2,1-3H3. The zero-order valence-corrected chi connectivity index (χ0v) is 16.9. The normalized spacial score (nSPS) is 11.7. The summed E-state index contributed by atoms with van der Waals surface area (Å²) in [6, 6.07) is 10.5. The molecule has 0 saturated heterocycles. The lowest BCUT2D eigenvalue weighted by Crippen LogP contribution is -2.22. The van der Waals surface area contributed by atoms with E-state index in [1.807, 2.05) is 25.1 Å². The van der Waals surface area contributed by atoms with Crippen LogP contribution in [0.2, 0.25) is 0 Å². The highest BCUT2D eigenvalue weighted by Gasteiger charge is 2.30. The molecule has 6 nitrogen and oxygen atoms in total. The minimum absolute atomic E-state index is 0.123. The zero-order chi connectivity index (χ0) is 21.7. The quantitative estimate of drug-likeness (QED) is 0.521.